The van der Waals surface area contributed by atoms with E-state index in [0.29, 0.717) is 22.5 Å². The molecule has 0 bridgehead atoms. The van der Waals surface area contributed by atoms with Crippen LogP contribution in [0.25, 0.3) is 11.2 Å². The SMILES string of the molecule is O=c1c(Cc2ccc(F)c(F)c2)c(C2=CC=C2)nc2cc[nH]n12. The number of fused-ring (bicyclic) bond motifs is 1. The van der Waals surface area contributed by atoms with Gasteiger partial charge in [0.2, 0.25) is 0 Å². The maximum absolute atomic E-state index is 13.4. The van der Waals surface area contributed by atoms with Crippen LogP contribution in [0.3, 0.4) is 0 Å². The summed E-state index contributed by atoms with van der Waals surface area (Å²) in [5, 5.41) is 2.81. The molecule has 0 unspecified atom stereocenters. The molecule has 4 nitrogen and oxygen atoms in total. The summed E-state index contributed by atoms with van der Waals surface area (Å²) in [7, 11) is 0. The highest BCUT2D eigenvalue weighted by Gasteiger charge is 2.18. The minimum absolute atomic E-state index is 0.172. The lowest BCUT2D eigenvalue weighted by molar-refractivity contribution is 0.507. The second kappa shape index (κ2) is 5.01. The average molecular weight is 311 g/mol. The minimum atomic E-state index is -0.930. The van der Waals surface area contributed by atoms with Gasteiger partial charge in [-0.2, -0.15) is 0 Å². The minimum Gasteiger partial charge on any atom is -0.297 e. The van der Waals surface area contributed by atoms with E-state index in [-0.39, 0.29) is 12.0 Å². The molecule has 0 atom stereocenters. The summed E-state index contributed by atoms with van der Waals surface area (Å²) >= 11 is 0. The number of hydrogen-bond donors (Lipinski definition) is 1. The van der Waals surface area contributed by atoms with Crippen LogP contribution < -0.4 is 5.56 Å². The second-order valence-corrected chi connectivity index (χ2v) is 5.31. The third-order valence-electron chi connectivity index (χ3n) is 3.83. The predicted octanol–water partition coefficient (Wildman–Crippen LogP) is 2.84. The fraction of sp³-hybridized carbons (Fsp3) is 0.0588. The quantitative estimate of drug-likeness (QED) is 0.808. The first-order valence-electron chi connectivity index (χ1n) is 7.05. The topological polar surface area (TPSA) is 50.2 Å². The number of nitrogens with zero attached hydrogens (tertiary/aromatic N) is 2. The van der Waals surface area contributed by atoms with Gasteiger partial charge in [0.15, 0.2) is 17.3 Å². The van der Waals surface area contributed by atoms with Crippen LogP contribution in [0.4, 0.5) is 8.78 Å². The van der Waals surface area contributed by atoms with E-state index >= 15 is 0 Å². The predicted molar refractivity (Wildman–Crippen MR) is 82.1 cm³/mol. The molecule has 4 rings (SSSR count). The van der Waals surface area contributed by atoms with E-state index in [9.17, 15) is 13.6 Å². The Labute approximate surface area is 129 Å². The number of allylic oxidation sites excluding steroid dienone is 4. The number of rotatable bonds is 3. The molecule has 6 heteroatoms. The van der Waals surface area contributed by atoms with Gasteiger partial charge in [0.25, 0.3) is 5.56 Å². The van der Waals surface area contributed by atoms with Crippen molar-refractivity contribution in [1.29, 1.82) is 0 Å². The Morgan fingerprint density at radius 3 is 2.70 bits per heavy atom. The van der Waals surface area contributed by atoms with E-state index in [0.717, 1.165) is 17.7 Å². The van der Waals surface area contributed by atoms with Gasteiger partial charge >= 0.3 is 0 Å². The van der Waals surface area contributed by atoms with Crippen molar-refractivity contribution in [3.8, 4) is 0 Å². The van der Waals surface area contributed by atoms with Crippen LogP contribution in [0.1, 0.15) is 16.8 Å². The van der Waals surface area contributed by atoms with Crippen LogP contribution in [-0.2, 0) is 6.42 Å². The highest BCUT2D eigenvalue weighted by molar-refractivity contribution is 5.81. The Balaban J connectivity index is 1.88. The van der Waals surface area contributed by atoms with Gasteiger partial charge in [-0.1, -0.05) is 24.3 Å². The Hall–Kier alpha value is -3.02. The van der Waals surface area contributed by atoms with Crippen LogP contribution in [0, 0.1) is 11.6 Å². The van der Waals surface area contributed by atoms with Gasteiger partial charge in [0.05, 0.1) is 11.3 Å². The zero-order valence-electron chi connectivity index (χ0n) is 11.9. The van der Waals surface area contributed by atoms with Gasteiger partial charge in [-0.05, 0) is 17.7 Å². The molecule has 1 aromatic carbocycles. The average Bonchev–Trinajstić information content (AvgIpc) is 2.93. The highest BCUT2D eigenvalue weighted by Crippen LogP contribution is 2.24. The van der Waals surface area contributed by atoms with Crippen LogP contribution >= 0.6 is 0 Å². The van der Waals surface area contributed by atoms with Crippen molar-refractivity contribution in [1.82, 2.24) is 14.6 Å². The Morgan fingerprint density at radius 1 is 1.17 bits per heavy atom. The van der Waals surface area contributed by atoms with E-state index in [1.54, 1.807) is 12.3 Å². The summed E-state index contributed by atoms with van der Waals surface area (Å²) in [6.07, 6.45) is 7.38. The van der Waals surface area contributed by atoms with Crippen molar-refractivity contribution in [2.45, 2.75) is 6.42 Å². The second-order valence-electron chi connectivity index (χ2n) is 5.31. The normalized spacial score (nSPS) is 13.2. The number of aromatic amines is 1. The zero-order chi connectivity index (χ0) is 16.0. The first-order valence-corrected chi connectivity index (χ1v) is 7.05. The Morgan fingerprint density at radius 2 is 2.00 bits per heavy atom. The zero-order valence-corrected chi connectivity index (χ0v) is 11.9. The largest absolute Gasteiger partial charge is 0.297 e. The van der Waals surface area contributed by atoms with Gasteiger partial charge in [-0.3, -0.25) is 9.89 Å². The van der Waals surface area contributed by atoms with E-state index < -0.39 is 11.6 Å². The van der Waals surface area contributed by atoms with E-state index in [4.69, 9.17) is 0 Å². The van der Waals surface area contributed by atoms with E-state index in [1.165, 1.54) is 10.6 Å². The fourth-order valence-electron chi connectivity index (χ4n) is 2.60. The Bertz CT molecular complexity index is 1040. The molecule has 3 aromatic rings. The molecule has 1 aliphatic carbocycles. The highest BCUT2D eigenvalue weighted by atomic mass is 19.2. The molecule has 23 heavy (non-hydrogen) atoms. The van der Waals surface area contributed by atoms with Crippen LogP contribution in [0.2, 0.25) is 0 Å². The van der Waals surface area contributed by atoms with Crippen molar-refractivity contribution >= 4 is 11.2 Å². The van der Waals surface area contributed by atoms with Crippen molar-refractivity contribution in [2.24, 2.45) is 0 Å². The van der Waals surface area contributed by atoms with Gasteiger partial charge in [-0.15, -0.1) is 0 Å². The molecule has 1 N–H and O–H groups in total. The molecule has 2 heterocycles. The molecule has 0 fully saturated rings. The molecule has 0 spiro atoms. The monoisotopic (exact) mass is 311 g/mol. The molecule has 2 aromatic heterocycles. The van der Waals surface area contributed by atoms with Crippen LogP contribution in [-0.4, -0.2) is 14.6 Å². The summed E-state index contributed by atoms with van der Waals surface area (Å²) in [6, 6.07) is 5.34. The number of benzene rings is 1. The van der Waals surface area contributed by atoms with Crippen molar-refractivity contribution in [3.63, 3.8) is 0 Å². The van der Waals surface area contributed by atoms with Crippen molar-refractivity contribution in [2.75, 3.05) is 0 Å². The molecular formula is C17H11F2N3O. The molecule has 0 saturated carbocycles. The van der Waals surface area contributed by atoms with Gasteiger partial charge < -0.3 is 0 Å². The van der Waals surface area contributed by atoms with Gasteiger partial charge in [0.1, 0.15) is 0 Å². The third-order valence-corrected chi connectivity index (χ3v) is 3.83. The molecular weight excluding hydrogens is 300 g/mol. The molecule has 114 valence electrons. The first kappa shape index (κ1) is 13.6. The Kier molecular flexibility index (Phi) is 2.97. The first-order chi connectivity index (χ1) is 11.1. The lowest BCUT2D eigenvalue weighted by Crippen LogP contribution is -2.23. The number of nitrogens with one attached hydrogen (secondary N) is 1. The lowest BCUT2D eigenvalue weighted by atomic mass is 9.96. The molecule has 1 aliphatic rings. The van der Waals surface area contributed by atoms with Gasteiger partial charge in [0, 0.05) is 24.3 Å². The molecule has 0 saturated heterocycles. The summed E-state index contributed by atoms with van der Waals surface area (Å²) < 4.78 is 27.8. The summed E-state index contributed by atoms with van der Waals surface area (Å²) in [5.74, 6) is -1.84. The number of aromatic nitrogens is 3. The number of H-pyrrole nitrogens is 1. The van der Waals surface area contributed by atoms with Crippen molar-refractivity contribution in [3.05, 3.63) is 87.5 Å². The van der Waals surface area contributed by atoms with E-state index in [2.05, 4.69) is 10.1 Å². The van der Waals surface area contributed by atoms with Gasteiger partial charge in [-0.25, -0.2) is 18.3 Å². The standard InChI is InChI=1S/C17H11F2N3O/c18-13-5-4-10(9-14(13)19)8-12-16(11-2-1-3-11)21-15-6-7-20-22(15)17(12)23/h1-7,9,20H,8H2. The fourth-order valence-corrected chi connectivity index (χ4v) is 2.60. The molecule has 0 aliphatic heterocycles. The summed E-state index contributed by atoms with van der Waals surface area (Å²) in [4.78, 5) is 17.2. The van der Waals surface area contributed by atoms with Crippen molar-refractivity contribution < 1.29 is 8.78 Å². The van der Waals surface area contributed by atoms with Crippen LogP contribution in [0.15, 0.2) is 53.5 Å². The molecule has 0 radical (unpaired) electrons. The summed E-state index contributed by atoms with van der Waals surface area (Å²) in [5.41, 5.74) is 2.64. The lowest BCUT2D eigenvalue weighted by Gasteiger charge is -2.12. The smallest absolute Gasteiger partial charge is 0.276 e. The maximum Gasteiger partial charge on any atom is 0.276 e. The third kappa shape index (κ3) is 2.19. The molecule has 0 amide bonds. The van der Waals surface area contributed by atoms with Crippen LogP contribution in [0.5, 0.6) is 0 Å². The van der Waals surface area contributed by atoms with E-state index in [1.807, 2.05) is 18.2 Å². The maximum atomic E-state index is 13.4. The summed E-state index contributed by atoms with van der Waals surface area (Å²) in [6.45, 7) is 0. The number of hydrogen-bond acceptors (Lipinski definition) is 2. The number of halogens is 2.